The fourth-order valence-corrected chi connectivity index (χ4v) is 4.28. The number of nitrogens with zero attached hydrogens (tertiary/aromatic N) is 7. The molecule has 1 aliphatic rings. The van der Waals surface area contributed by atoms with Gasteiger partial charge in [0.25, 0.3) is 0 Å². The van der Waals surface area contributed by atoms with Crippen molar-refractivity contribution in [3.8, 4) is 17.1 Å². The molecule has 0 spiro atoms. The van der Waals surface area contributed by atoms with E-state index in [1.165, 1.54) is 0 Å². The summed E-state index contributed by atoms with van der Waals surface area (Å²) in [6.45, 7) is 4.15. The van der Waals surface area contributed by atoms with E-state index in [1.807, 2.05) is 49.0 Å². The third-order valence-electron chi connectivity index (χ3n) is 6.17. The molecule has 3 aromatic heterocycles. The van der Waals surface area contributed by atoms with Crippen LogP contribution in [-0.2, 0) is 7.05 Å². The Bertz CT molecular complexity index is 1310. The first kappa shape index (κ1) is 22.0. The van der Waals surface area contributed by atoms with E-state index < -0.39 is 0 Å². The molecule has 10 nitrogen and oxygen atoms in total. The minimum absolute atomic E-state index is 0.383. The molecule has 0 aliphatic carbocycles. The Hall–Kier alpha value is -3.79. The van der Waals surface area contributed by atoms with Crippen LogP contribution >= 0.6 is 0 Å². The Morgan fingerprint density at radius 2 is 1.91 bits per heavy atom. The molecule has 1 saturated heterocycles. The molecular weight excluding hydrogens is 430 g/mol. The molecule has 0 unspecified atom stereocenters. The lowest BCUT2D eigenvalue weighted by Crippen LogP contribution is -2.37. The van der Waals surface area contributed by atoms with Crippen LogP contribution in [0.2, 0.25) is 0 Å². The number of ether oxygens (including phenoxy) is 1. The molecule has 2 N–H and O–H groups in total. The molecule has 10 heteroatoms. The van der Waals surface area contributed by atoms with Crippen molar-refractivity contribution in [3.05, 3.63) is 42.5 Å². The summed E-state index contributed by atoms with van der Waals surface area (Å²) in [6, 6.07) is 8.21. The molecule has 0 atom stereocenters. The lowest BCUT2D eigenvalue weighted by atomic mass is 10.1. The predicted molar refractivity (Wildman–Crippen MR) is 132 cm³/mol. The van der Waals surface area contributed by atoms with E-state index in [9.17, 15) is 0 Å². The monoisotopic (exact) mass is 459 g/mol. The van der Waals surface area contributed by atoms with Gasteiger partial charge in [0.2, 0.25) is 5.95 Å². The molecule has 176 valence electrons. The largest absolute Gasteiger partial charge is 0.495 e. The second-order valence-electron chi connectivity index (χ2n) is 8.77. The van der Waals surface area contributed by atoms with Gasteiger partial charge < -0.3 is 24.8 Å². The van der Waals surface area contributed by atoms with Crippen LogP contribution in [0.25, 0.3) is 22.3 Å². The van der Waals surface area contributed by atoms with Crippen molar-refractivity contribution in [3.63, 3.8) is 0 Å². The van der Waals surface area contributed by atoms with Gasteiger partial charge in [-0.1, -0.05) is 0 Å². The van der Waals surface area contributed by atoms with Crippen LogP contribution in [0.3, 0.4) is 0 Å². The van der Waals surface area contributed by atoms with E-state index in [2.05, 4.69) is 37.8 Å². The highest BCUT2D eigenvalue weighted by molar-refractivity contribution is 5.89. The Labute approximate surface area is 198 Å². The van der Waals surface area contributed by atoms with Gasteiger partial charge in [0.15, 0.2) is 11.6 Å². The number of nitrogens with one attached hydrogen (secondary N) is 2. The summed E-state index contributed by atoms with van der Waals surface area (Å²) in [7, 11) is 5.71. The summed E-state index contributed by atoms with van der Waals surface area (Å²) in [6.07, 6.45) is 5.67. The minimum atomic E-state index is 0.383. The molecule has 1 aliphatic heterocycles. The standard InChI is InChI=1S/C24H29N9O/c1-15-11-17-13-25-24(30-21(17)22(27-15)28-18-7-9-32(2)10-8-18)29-19-6-5-16(12-20(19)34-4)23-31-26-14-33(23)3/h5-6,11-14,18H,7-10H2,1-4H3,(H,27,28)(H,25,29,30). The van der Waals surface area contributed by atoms with Crippen molar-refractivity contribution in [1.82, 2.24) is 34.6 Å². The van der Waals surface area contributed by atoms with Gasteiger partial charge in [0, 0.05) is 35.9 Å². The van der Waals surface area contributed by atoms with Crippen LogP contribution < -0.4 is 15.4 Å². The van der Waals surface area contributed by atoms with E-state index in [0.29, 0.717) is 17.7 Å². The van der Waals surface area contributed by atoms with Crippen LogP contribution in [0.4, 0.5) is 17.5 Å². The summed E-state index contributed by atoms with van der Waals surface area (Å²) in [4.78, 5) is 16.5. The molecule has 0 bridgehead atoms. The smallest absolute Gasteiger partial charge is 0.227 e. The first-order valence-electron chi connectivity index (χ1n) is 11.4. The van der Waals surface area contributed by atoms with Gasteiger partial charge >= 0.3 is 0 Å². The number of rotatable bonds is 6. The number of fused-ring (bicyclic) bond motifs is 1. The van der Waals surface area contributed by atoms with Crippen molar-refractivity contribution in [2.45, 2.75) is 25.8 Å². The molecule has 0 amide bonds. The number of likely N-dealkylation sites (tertiary alicyclic amines) is 1. The molecule has 5 rings (SSSR count). The molecule has 0 radical (unpaired) electrons. The average Bonchev–Trinajstić information content (AvgIpc) is 3.27. The number of hydrogen-bond acceptors (Lipinski definition) is 9. The van der Waals surface area contributed by atoms with E-state index >= 15 is 0 Å². The van der Waals surface area contributed by atoms with Crippen LogP contribution in [0, 0.1) is 6.92 Å². The Balaban J connectivity index is 1.44. The van der Waals surface area contributed by atoms with Crippen LogP contribution in [0.1, 0.15) is 18.5 Å². The lowest BCUT2D eigenvalue weighted by Gasteiger charge is -2.30. The summed E-state index contributed by atoms with van der Waals surface area (Å²) < 4.78 is 7.49. The third-order valence-corrected chi connectivity index (χ3v) is 6.17. The summed E-state index contributed by atoms with van der Waals surface area (Å²) in [5.41, 5.74) is 3.41. The number of anilines is 3. The van der Waals surface area contributed by atoms with E-state index in [1.54, 1.807) is 13.4 Å². The summed E-state index contributed by atoms with van der Waals surface area (Å²) in [5, 5.41) is 16.0. The summed E-state index contributed by atoms with van der Waals surface area (Å²) >= 11 is 0. The lowest BCUT2D eigenvalue weighted by molar-refractivity contribution is 0.263. The van der Waals surface area contributed by atoms with Gasteiger partial charge in [-0.05, 0) is 64.2 Å². The molecule has 34 heavy (non-hydrogen) atoms. The quantitative estimate of drug-likeness (QED) is 0.449. The molecule has 1 fully saturated rings. The van der Waals surface area contributed by atoms with Gasteiger partial charge in [0.1, 0.15) is 17.6 Å². The van der Waals surface area contributed by atoms with Crippen LogP contribution in [0.15, 0.2) is 36.8 Å². The zero-order valence-electron chi connectivity index (χ0n) is 19.9. The fourth-order valence-electron chi connectivity index (χ4n) is 4.28. The Morgan fingerprint density at radius 3 is 2.65 bits per heavy atom. The Kier molecular flexibility index (Phi) is 5.97. The van der Waals surface area contributed by atoms with E-state index in [0.717, 1.165) is 65.4 Å². The topological polar surface area (TPSA) is 106 Å². The maximum atomic E-state index is 5.63. The van der Waals surface area contributed by atoms with Crippen molar-refractivity contribution in [2.24, 2.45) is 7.05 Å². The maximum Gasteiger partial charge on any atom is 0.227 e. The van der Waals surface area contributed by atoms with Crippen molar-refractivity contribution >= 4 is 28.4 Å². The highest BCUT2D eigenvalue weighted by Gasteiger charge is 2.19. The average molecular weight is 460 g/mol. The number of piperidine rings is 1. The Morgan fingerprint density at radius 1 is 1.09 bits per heavy atom. The molecule has 4 aromatic rings. The zero-order valence-corrected chi connectivity index (χ0v) is 19.9. The molecule has 4 heterocycles. The number of methoxy groups -OCH3 is 1. The molecule has 1 aromatic carbocycles. The molecular formula is C24H29N9O. The highest BCUT2D eigenvalue weighted by atomic mass is 16.5. The number of aromatic nitrogens is 6. The van der Waals surface area contributed by atoms with Crippen molar-refractivity contribution < 1.29 is 4.74 Å². The van der Waals surface area contributed by atoms with Gasteiger partial charge in [0.05, 0.1) is 12.8 Å². The van der Waals surface area contributed by atoms with Crippen LogP contribution in [0.5, 0.6) is 5.75 Å². The molecule has 0 saturated carbocycles. The number of pyridine rings is 1. The van der Waals surface area contributed by atoms with Gasteiger partial charge in [-0.25, -0.2) is 15.0 Å². The fraction of sp³-hybridized carbons (Fsp3) is 0.375. The maximum absolute atomic E-state index is 5.63. The zero-order chi connectivity index (χ0) is 23.7. The number of benzene rings is 1. The van der Waals surface area contributed by atoms with E-state index in [4.69, 9.17) is 14.7 Å². The first-order valence-corrected chi connectivity index (χ1v) is 11.4. The van der Waals surface area contributed by atoms with Crippen molar-refractivity contribution in [2.75, 3.05) is 37.9 Å². The first-order chi connectivity index (χ1) is 16.5. The van der Waals surface area contributed by atoms with Gasteiger partial charge in [-0.2, -0.15) is 0 Å². The van der Waals surface area contributed by atoms with Crippen molar-refractivity contribution in [1.29, 1.82) is 0 Å². The van der Waals surface area contributed by atoms with Crippen LogP contribution in [-0.4, -0.2) is 67.9 Å². The minimum Gasteiger partial charge on any atom is -0.495 e. The summed E-state index contributed by atoms with van der Waals surface area (Å²) in [5.74, 6) is 2.71. The normalized spacial score (nSPS) is 14.9. The number of aryl methyl sites for hydroxylation is 2. The van der Waals surface area contributed by atoms with Gasteiger partial charge in [-0.15, -0.1) is 10.2 Å². The second-order valence-corrected chi connectivity index (χ2v) is 8.77. The third kappa shape index (κ3) is 4.49. The van der Waals surface area contributed by atoms with Gasteiger partial charge in [-0.3, -0.25) is 0 Å². The highest BCUT2D eigenvalue weighted by Crippen LogP contribution is 2.32. The van der Waals surface area contributed by atoms with E-state index in [-0.39, 0.29) is 0 Å². The number of hydrogen-bond donors (Lipinski definition) is 2. The second kappa shape index (κ2) is 9.22. The predicted octanol–water partition coefficient (Wildman–Crippen LogP) is 3.39. The SMILES string of the molecule is COc1cc(-c2nncn2C)ccc1Nc1ncc2cc(C)nc(NC3CCN(C)CC3)c2n1.